The molecule has 3 nitrogen and oxygen atoms in total. The van der Waals surface area contributed by atoms with Crippen LogP contribution in [0.5, 0.6) is 0 Å². The molecule has 1 heterocycles. The fourth-order valence-electron chi connectivity index (χ4n) is 2.16. The second-order valence-corrected chi connectivity index (χ2v) is 5.30. The van der Waals surface area contributed by atoms with Crippen molar-refractivity contribution < 1.29 is 0 Å². The maximum Gasteiger partial charge on any atom is 0.109 e. The van der Waals surface area contributed by atoms with E-state index in [2.05, 4.69) is 17.2 Å². The topological polar surface area (TPSA) is 50.9 Å². The lowest BCUT2D eigenvalue weighted by Crippen LogP contribution is -2.38. The third-order valence-corrected chi connectivity index (χ3v) is 4.04. The number of thiazole rings is 1. The summed E-state index contributed by atoms with van der Waals surface area (Å²) >= 11 is 1.72. The number of nitrogens with two attached hydrogens (primary N) is 1. The lowest BCUT2D eigenvalue weighted by molar-refractivity contribution is 0.322. The van der Waals surface area contributed by atoms with Crippen molar-refractivity contribution in [2.75, 3.05) is 0 Å². The Labute approximate surface area is 95.1 Å². The van der Waals surface area contributed by atoms with Crippen LogP contribution < -0.4 is 11.1 Å². The Morgan fingerprint density at radius 2 is 2.20 bits per heavy atom. The minimum absolute atomic E-state index is 0.379. The molecule has 1 saturated carbocycles. The molecule has 1 aliphatic rings. The first-order valence-corrected chi connectivity index (χ1v) is 6.54. The van der Waals surface area contributed by atoms with Gasteiger partial charge in [0.1, 0.15) is 5.01 Å². The lowest BCUT2D eigenvalue weighted by atomic mass is 9.91. The van der Waals surface area contributed by atoms with Crippen molar-refractivity contribution in [3.8, 4) is 0 Å². The summed E-state index contributed by atoms with van der Waals surface area (Å²) in [6.45, 7) is 2.19. The van der Waals surface area contributed by atoms with Crippen LogP contribution in [0.1, 0.15) is 43.7 Å². The van der Waals surface area contributed by atoms with E-state index in [0.29, 0.717) is 18.1 Å². The van der Waals surface area contributed by atoms with Gasteiger partial charge in [0.15, 0.2) is 0 Å². The summed E-state index contributed by atoms with van der Waals surface area (Å²) in [6, 6.07) is 1.44. The van der Waals surface area contributed by atoms with Crippen molar-refractivity contribution in [3.05, 3.63) is 16.6 Å². The maximum absolute atomic E-state index is 5.88. The number of hydrogen-bond acceptors (Lipinski definition) is 4. The molecule has 2 rings (SSSR count). The molecule has 0 bridgehead atoms. The van der Waals surface area contributed by atoms with Crippen LogP contribution in [0.25, 0.3) is 0 Å². The van der Waals surface area contributed by atoms with Gasteiger partial charge >= 0.3 is 0 Å². The zero-order chi connectivity index (χ0) is 10.7. The van der Waals surface area contributed by atoms with Crippen LogP contribution in [-0.2, 0) is 0 Å². The number of rotatable bonds is 3. The highest BCUT2D eigenvalue weighted by molar-refractivity contribution is 7.09. The fourth-order valence-corrected chi connectivity index (χ4v) is 2.81. The van der Waals surface area contributed by atoms with Gasteiger partial charge in [0.2, 0.25) is 0 Å². The molecule has 0 radical (unpaired) electrons. The van der Waals surface area contributed by atoms with Gasteiger partial charge in [0.05, 0.1) is 6.04 Å². The molecule has 0 aromatic carbocycles. The molecule has 0 saturated heterocycles. The van der Waals surface area contributed by atoms with Gasteiger partial charge in [-0.1, -0.05) is 0 Å². The van der Waals surface area contributed by atoms with Gasteiger partial charge in [-0.05, 0) is 32.6 Å². The van der Waals surface area contributed by atoms with Gasteiger partial charge in [0, 0.05) is 23.7 Å². The van der Waals surface area contributed by atoms with Gasteiger partial charge in [-0.15, -0.1) is 11.3 Å². The summed E-state index contributed by atoms with van der Waals surface area (Å²) in [5.74, 6) is 0. The second-order valence-electron chi connectivity index (χ2n) is 4.37. The average molecular weight is 225 g/mol. The number of aromatic nitrogens is 1. The van der Waals surface area contributed by atoms with Gasteiger partial charge in [-0.25, -0.2) is 4.98 Å². The summed E-state index contributed by atoms with van der Waals surface area (Å²) in [5.41, 5.74) is 5.88. The smallest absolute Gasteiger partial charge is 0.109 e. The summed E-state index contributed by atoms with van der Waals surface area (Å²) in [7, 11) is 0. The molecule has 0 unspecified atom stereocenters. The number of hydrogen-bond donors (Lipinski definition) is 2. The number of nitrogens with one attached hydrogen (secondary N) is 1. The van der Waals surface area contributed by atoms with E-state index in [4.69, 9.17) is 5.73 Å². The van der Waals surface area contributed by atoms with Crippen molar-refractivity contribution in [3.63, 3.8) is 0 Å². The molecular weight excluding hydrogens is 206 g/mol. The van der Waals surface area contributed by atoms with E-state index in [1.807, 2.05) is 11.6 Å². The quantitative estimate of drug-likeness (QED) is 0.828. The molecule has 1 atom stereocenters. The van der Waals surface area contributed by atoms with Gasteiger partial charge in [0.25, 0.3) is 0 Å². The second kappa shape index (κ2) is 5.05. The van der Waals surface area contributed by atoms with Crippen LogP contribution in [0.3, 0.4) is 0 Å². The van der Waals surface area contributed by atoms with Crippen LogP contribution in [0.15, 0.2) is 11.6 Å². The molecule has 84 valence electrons. The van der Waals surface area contributed by atoms with E-state index in [9.17, 15) is 0 Å². The molecule has 1 fully saturated rings. The zero-order valence-corrected chi connectivity index (χ0v) is 9.96. The predicted molar refractivity (Wildman–Crippen MR) is 63.9 cm³/mol. The van der Waals surface area contributed by atoms with E-state index < -0.39 is 0 Å². The highest BCUT2D eigenvalue weighted by Crippen LogP contribution is 2.21. The summed E-state index contributed by atoms with van der Waals surface area (Å²) in [6.07, 6.45) is 6.59. The summed E-state index contributed by atoms with van der Waals surface area (Å²) in [5, 5.41) is 6.85. The molecule has 1 aliphatic carbocycles. The Hall–Kier alpha value is -0.450. The summed E-state index contributed by atoms with van der Waals surface area (Å²) < 4.78 is 0. The van der Waals surface area contributed by atoms with Crippen LogP contribution in [0.4, 0.5) is 0 Å². The van der Waals surface area contributed by atoms with Crippen molar-refractivity contribution in [1.29, 1.82) is 0 Å². The van der Waals surface area contributed by atoms with Crippen LogP contribution in [-0.4, -0.2) is 17.1 Å². The molecule has 4 heteroatoms. The Morgan fingerprint density at radius 3 is 2.80 bits per heavy atom. The average Bonchev–Trinajstić information content (AvgIpc) is 2.74. The van der Waals surface area contributed by atoms with E-state index in [1.165, 1.54) is 17.8 Å². The standard InChI is InChI=1S/C11H19N3S/c1-8(11-13-6-7-15-11)14-10-4-2-9(12)3-5-10/h6-10,14H,2-5,12H2,1H3/t8-,9?,10?/m0/s1. The van der Waals surface area contributed by atoms with E-state index in [1.54, 1.807) is 11.3 Å². The van der Waals surface area contributed by atoms with Crippen LogP contribution in [0.2, 0.25) is 0 Å². The highest BCUT2D eigenvalue weighted by Gasteiger charge is 2.20. The predicted octanol–water partition coefficient (Wildman–Crippen LogP) is 2.06. The van der Waals surface area contributed by atoms with Gasteiger partial charge < -0.3 is 11.1 Å². The Kier molecular flexibility index (Phi) is 3.72. The van der Waals surface area contributed by atoms with E-state index >= 15 is 0 Å². The molecule has 0 aliphatic heterocycles. The normalized spacial score (nSPS) is 28.9. The Bertz CT molecular complexity index is 278. The minimum Gasteiger partial charge on any atom is -0.328 e. The Morgan fingerprint density at radius 1 is 1.47 bits per heavy atom. The monoisotopic (exact) mass is 225 g/mol. The molecule has 1 aromatic rings. The third kappa shape index (κ3) is 3.00. The van der Waals surface area contributed by atoms with Gasteiger partial charge in [-0.3, -0.25) is 0 Å². The summed E-state index contributed by atoms with van der Waals surface area (Å²) in [4.78, 5) is 4.33. The molecule has 1 aromatic heterocycles. The fraction of sp³-hybridized carbons (Fsp3) is 0.727. The van der Waals surface area contributed by atoms with Crippen molar-refractivity contribution in [2.24, 2.45) is 5.73 Å². The molecular formula is C11H19N3S. The van der Waals surface area contributed by atoms with Gasteiger partial charge in [-0.2, -0.15) is 0 Å². The Balaban J connectivity index is 1.82. The zero-order valence-electron chi connectivity index (χ0n) is 9.15. The maximum atomic E-state index is 5.88. The first kappa shape index (κ1) is 11.0. The molecule has 0 spiro atoms. The molecule has 3 N–H and O–H groups in total. The highest BCUT2D eigenvalue weighted by atomic mass is 32.1. The lowest BCUT2D eigenvalue weighted by Gasteiger charge is -2.28. The third-order valence-electron chi connectivity index (χ3n) is 3.08. The van der Waals surface area contributed by atoms with E-state index in [-0.39, 0.29) is 0 Å². The largest absolute Gasteiger partial charge is 0.328 e. The SMILES string of the molecule is C[C@H](NC1CCC(N)CC1)c1nccs1. The molecule has 15 heavy (non-hydrogen) atoms. The van der Waals surface area contributed by atoms with Crippen molar-refractivity contribution in [1.82, 2.24) is 10.3 Å². The van der Waals surface area contributed by atoms with E-state index in [0.717, 1.165) is 12.8 Å². The van der Waals surface area contributed by atoms with Crippen LogP contribution in [0, 0.1) is 0 Å². The molecule has 0 amide bonds. The van der Waals surface area contributed by atoms with Crippen molar-refractivity contribution >= 4 is 11.3 Å². The minimum atomic E-state index is 0.379. The van der Waals surface area contributed by atoms with Crippen LogP contribution >= 0.6 is 11.3 Å². The number of nitrogens with zero attached hydrogens (tertiary/aromatic N) is 1. The first-order chi connectivity index (χ1) is 7.25. The van der Waals surface area contributed by atoms with Crippen molar-refractivity contribution in [2.45, 2.75) is 50.7 Å². The first-order valence-electron chi connectivity index (χ1n) is 5.66.